The average molecular weight is 413 g/mol. The Morgan fingerprint density at radius 2 is 1.87 bits per heavy atom. The molecule has 1 amide bonds. The number of carbonyl (C=O) groups excluding carboxylic acids is 2. The number of carbonyl (C=O) groups is 2. The molecule has 1 aliphatic rings. The second kappa shape index (κ2) is 8.88. The summed E-state index contributed by atoms with van der Waals surface area (Å²) in [6, 6.07) is 20.1. The topological polar surface area (TPSA) is 75.6 Å². The lowest BCUT2D eigenvalue weighted by atomic mass is 9.85. The van der Waals surface area contributed by atoms with E-state index in [0.29, 0.717) is 29.0 Å². The van der Waals surface area contributed by atoms with Gasteiger partial charge in [-0.25, -0.2) is 0 Å². The van der Waals surface area contributed by atoms with Gasteiger partial charge in [-0.2, -0.15) is 0 Å². The van der Waals surface area contributed by atoms with Gasteiger partial charge in [0.1, 0.15) is 0 Å². The van der Waals surface area contributed by atoms with E-state index in [2.05, 4.69) is 5.32 Å². The monoisotopic (exact) mass is 413 g/mol. The van der Waals surface area contributed by atoms with Crippen LogP contribution in [0.2, 0.25) is 0 Å². The lowest BCUT2D eigenvalue weighted by Gasteiger charge is -2.19. The number of phenols is 1. The SMILES string of the molecule is COc1cc(CC(=O)Nc2ccc3c(c2)C(=O)/C(=C/c2ccccc2)CC3)ccc1O. The Labute approximate surface area is 181 Å². The predicted molar refractivity (Wildman–Crippen MR) is 121 cm³/mol. The van der Waals surface area contributed by atoms with Gasteiger partial charge >= 0.3 is 0 Å². The Kier molecular flexibility index (Phi) is 5.85. The molecular weight excluding hydrogens is 390 g/mol. The fourth-order valence-electron chi connectivity index (χ4n) is 3.75. The molecule has 0 spiro atoms. The molecule has 0 aromatic heterocycles. The summed E-state index contributed by atoms with van der Waals surface area (Å²) in [7, 11) is 1.46. The zero-order valence-electron chi connectivity index (χ0n) is 17.2. The van der Waals surface area contributed by atoms with Crippen molar-refractivity contribution in [3.63, 3.8) is 0 Å². The van der Waals surface area contributed by atoms with Crippen LogP contribution in [-0.2, 0) is 17.6 Å². The average Bonchev–Trinajstić information content (AvgIpc) is 2.78. The molecule has 3 aromatic rings. The summed E-state index contributed by atoms with van der Waals surface area (Å²) in [6.45, 7) is 0. The second-order valence-corrected chi connectivity index (χ2v) is 7.51. The molecular formula is C26H23NO4. The Bertz CT molecular complexity index is 1170. The molecule has 3 aromatic carbocycles. The van der Waals surface area contributed by atoms with Crippen molar-refractivity contribution >= 4 is 23.5 Å². The quantitative estimate of drug-likeness (QED) is 0.590. The van der Waals surface area contributed by atoms with Crippen LogP contribution in [0, 0.1) is 0 Å². The van der Waals surface area contributed by atoms with Crippen molar-refractivity contribution in [2.75, 3.05) is 12.4 Å². The van der Waals surface area contributed by atoms with Crippen molar-refractivity contribution in [1.29, 1.82) is 0 Å². The number of fused-ring (bicyclic) bond motifs is 1. The largest absolute Gasteiger partial charge is 0.504 e. The van der Waals surface area contributed by atoms with Crippen molar-refractivity contribution in [3.05, 3.63) is 94.6 Å². The van der Waals surface area contributed by atoms with E-state index in [1.807, 2.05) is 48.5 Å². The van der Waals surface area contributed by atoms with Crippen LogP contribution in [0.4, 0.5) is 5.69 Å². The van der Waals surface area contributed by atoms with Gasteiger partial charge < -0.3 is 15.2 Å². The first kappa shape index (κ1) is 20.4. The zero-order valence-corrected chi connectivity index (χ0v) is 17.2. The smallest absolute Gasteiger partial charge is 0.228 e. The predicted octanol–water partition coefficient (Wildman–Crippen LogP) is 4.79. The lowest BCUT2D eigenvalue weighted by Crippen LogP contribution is -2.17. The number of amides is 1. The highest BCUT2D eigenvalue weighted by Gasteiger charge is 2.22. The highest BCUT2D eigenvalue weighted by molar-refractivity contribution is 6.13. The van der Waals surface area contributed by atoms with Gasteiger partial charge in [-0.3, -0.25) is 9.59 Å². The summed E-state index contributed by atoms with van der Waals surface area (Å²) in [4.78, 5) is 25.5. The van der Waals surface area contributed by atoms with Gasteiger partial charge in [0.2, 0.25) is 5.91 Å². The third-order valence-corrected chi connectivity index (χ3v) is 5.34. The number of hydrogen-bond donors (Lipinski definition) is 2. The normalized spacial score (nSPS) is 14.2. The van der Waals surface area contributed by atoms with E-state index in [1.165, 1.54) is 13.2 Å². The maximum Gasteiger partial charge on any atom is 0.228 e. The van der Waals surface area contributed by atoms with Crippen LogP contribution in [0.25, 0.3) is 6.08 Å². The number of rotatable bonds is 5. The number of ketones is 1. The maximum atomic E-state index is 13.0. The van der Waals surface area contributed by atoms with Crippen LogP contribution >= 0.6 is 0 Å². The van der Waals surface area contributed by atoms with Crippen molar-refractivity contribution < 1.29 is 19.4 Å². The van der Waals surface area contributed by atoms with Crippen molar-refractivity contribution in [2.45, 2.75) is 19.3 Å². The van der Waals surface area contributed by atoms with Gasteiger partial charge in [-0.15, -0.1) is 0 Å². The summed E-state index contributed by atoms with van der Waals surface area (Å²) in [5.74, 6) is 0.141. The zero-order chi connectivity index (χ0) is 21.8. The van der Waals surface area contributed by atoms with Crippen molar-refractivity contribution in [3.8, 4) is 11.5 Å². The first-order chi connectivity index (χ1) is 15.0. The van der Waals surface area contributed by atoms with E-state index in [4.69, 9.17) is 4.74 Å². The number of aryl methyl sites for hydroxylation is 1. The Morgan fingerprint density at radius 3 is 2.65 bits per heavy atom. The van der Waals surface area contributed by atoms with Gasteiger partial charge in [0.15, 0.2) is 17.3 Å². The van der Waals surface area contributed by atoms with Gasteiger partial charge in [0.25, 0.3) is 0 Å². The molecule has 31 heavy (non-hydrogen) atoms. The van der Waals surface area contributed by atoms with Crippen LogP contribution < -0.4 is 10.1 Å². The van der Waals surface area contributed by atoms with E-state index in [1.54, 1.807) is 18.2 Å². The van der Waals surface area contributed by atoms with Crippen LogP contribution in [-0.4, -0.2) is 23.9 Å². The summed E-state index contributed by atoms with van der Waals surface area (Å²) in [6.07, 6.45) is 3.56. The standard InChI is InChI=1S/C26H23NO4/c1-31-24-14-18(7-12-23(24)28)15-25(29)27-21-11-10-19-8-9-20(26(30)22(19)16-21)13-17-5-3-2-4-6-17/h2-7,10-14,16,28H,8-9,15H2,1H3,(H,27,29)/b20-13+. The first-order valence-electron chi connectivity index (χ1n) is 10.1. The maximum absolute atomic E-state index is 13.0. The number of methoxy groups -OCH3 is 1. The van der Waals surface area contributed by atoms with Crippen LogP contribution in [0.1, 0.15) is 33.5 Å². The van der Waals surface area contributed by atoms with E-state index < -0.39 is 0 Å². The van der Waals surface area contributed by atoms with E-state index in [0.717, 1.165) is 23.1 Å². The molecule has 0 saturated heterocycles. The molecule has 0 bridgehead atoms. The number of nitrogens with one attached hydrogen (secondary N) is 1. The molecule has 156 valence electrons. The van der Waals surface area contributed by atoms with Gasteiger partial charge in [0.05, 0.1) is 13.5 Å². The third-order valence-electron chi connectivity index (χ3n) is 5.34. The molecule has 0 fully saturated rings. The molecule has 1 aliphatic carbocycles. The molecule has 0 aliphatic heterocycles. The van der Waals surface area contributed by atoms with Crippen molar-refractivity contribution in [2.24, 2.45) is 0 Å². The minimum absolute atomic E-state index is 0.00414. The molecule has 4 rings (SSSR count). The number of phenolic OH excluding ortho intramolecular Hbond substituents is 1. The number of hydrogen-bond acceptors (Lipinski definition) is 4. The highest BCUT2D eigenvalue weighted by atomic mass is 16.5. The fourth-order valence-corrected chi connectivity index (χ4v) is 3.75. The molecule has 5 heteroatoms. The lowest BCUT2D eigenvalue weighted by molar-refractivity contribution is -0.115. The van der Waals surface area contributed by atoms with Crippen LogP contribution in [0.3, 0.4) is 0 Å². The van der Waals surface area contributed by atoms with E-state index in [9.17, 15) is 14.7 Å². The third kappa shape index (κ3) is 4.67. The molecule has 0 atom stereocenters. The number of Topliss-reactive ketones (excluding diaryl/α,β-unsaturated/α-hetero) is 1. The van der Waals surface area contributed by atoms with E-state index >= 15 is 0 Å². The van der Waals surface area contributed by atoms with E-state index in [-0.39, 0.29) is 23.9 Å². The summed E-state index contributed by atoms with van der Waals surface area (Å²) < 4.78 is 5.09. The number of anilines is 1. The molecule has 2 N–H and O–H groups in total. The number of benzene rings is 3. The Hall–Kier alpha value is -3.86. The minimum atomic E-state index is -0.212. The second-order valence-electron chi connectivity index (χ2n) is 7.51. The number of aromatic hydroxyl groups is 1. The molecule has 0 heterocycles. The minimum Gasteiger partial charge on any atom is -0.504 e. The van der Waals surface area contributed by atoms with Gasteiger partial charge in [-0.05, 0) is 59.9 Å². The summed E-state index contributed by atoms with van der Waals surface area (Å²) in [5, 5.41) is 12.6. The Morgan fingerprint density at radius 1 is 1.06 bits per heavy atom. The van der Waals surface area contributed by atoms with Crippen LogP contribution in [0.5, 0.6) is 11.5 Å². The van der Waals surface area contributed by atoms with Gasteiger partial charge in [0, 0.05) is 16.8 Å². The first-order valence-corrected chi connectivity index (χ1v) is 10.1. The molecule has 0 unspecified atom stereocenters. The van der Waals surface area contributed by atoms with Gasteiger partial charge in [-0.1, -0.05) is 42.5 Å². The van der Waals surface area contributed by atoms with Crippen LogP contribution in [0.15, 0.2) is 72.3 Å². The molecule has 0 saturated carbocycles. The fraction of sp³-hybridized carbons (Fsp3) is 0.154. The highest BCUT2D eigenvalue weighted by Crippen LogP contribution is 2.29. The van der Waals surface area contributed by atoms with Crippen molar-refractivity contribution in [1.82, 2.24) is 0 Å². The summed E-state index contributed by atoms with van der Waals surface area (Å²) >= 11 is 0. The number of ether oxygens (including phenoxy) is 1. The molecule has 0 radical (unpaired) electrons. The molecule has 5 nitrogen and oxygen atoms in total. The Balaban J connectivity index is 1.50. The number of allylic oxidation sites excluding steroid dienone is 1. The summed E-state index contributed by atoms with van der Waals surface area (Å²) in [5.41, 5.74) is 4.72.